The van der Waals surface area contributed by atoms with Crippen molar-refractivity contribution in [2.75, 3.05) is 11.9 Å². The number of halogens is 1. The zero-order chi connectivity index (χ0) is 26.0. The monoisotopic (exact) mass is 587 g/mol. The summed E-state index contributed by atoms with van der Waals surface area (Å²) in [4.78, 5) is 17.2. The Morgan fingerprint density at radius 1 is 0.872 bits per heavy atom. The molecule has 0 saturated heterocycles. The Hall–Kier alpha value is -3.10. The van der Waals surface area contributed by atoms with Gasteiger partial charge in [-0.1, -0.05) is 77.7 Å². The summed E-state index contributed by atoms with van der Waals surface area (Å²) in [7, 11) is 2.08. The molecule has 0 aliphatic carbocycles. The second kappa shape index (κ2) is 10.1. The molecule has 0 N–H and O–H groups in total. The van der Waals surface area contributed by atoms with Crippen molar-refractivity contribution in [1.82, 2.24) is 4.57 Å². The minimum atomic E-state index is 0. The maximum atomic E-state index is 13.7. The third-order valence-corrected chi connectivity index (χ3v) is 11.0. The smallest absolute Gasteiger partial charge is 0.271 e. The van der Waals surface area contributed by atoms with Crippen molar-refractivity contribution in [3.05, 3.63) is 97.4 Å². The normalized spacial score (nSPS) is 14.9. The first-order valence-electron chi connectivity index (χ1n) is 12.8. The van der Waals surface area contributed by atoms with E-state index in [2.05, 4.69) is 109 Å². The van der Waals surface area contributed by atoms with Crippen molar-refractivity contribution in [3.8, 4) is 0 Å². The van der Waals surface area contributed by atoms with Crippen molar-refractivity contribution in [3.63, 3.8) is 0 Å². The van der Waals surface area contributed by atoms with Crippen LogP contribution in [0.15, 0.2) is 82.5 Å². The fourth-order valence-corrected chi connectivity index (χ4v) is 9.31. The molecule has 0 amide bonds. The Bertz CT molecular complexity index is 2090. The lowest BCUT2D eigenvalue weighted by atomic mass is 10.1. The van der Waals surface area contributed by atoms with E-state index >= 15 is 0 Å². The van der Waals surface area contributed by atoms with Crippen LogP contribution in [0.2, 0.25) is 0 Å². The van der Waals surface area contributed by atoms with E-state index in [4.69, 9.17) is 0 Å². The molecule has 4 aromatic carbocycles. The molecule has 1 aliphatic heterocycles. The van der Waals surface area contributed by atoms with E-state index < -0.39 is 0 Å². The minimum Gasteiger partial charge on any atom is -1.00 e. The van der Waals surface area contributed by atoms with Gasteiger partial charge in [0.1, 0.15) is 25.5 Å². The highest BCUT2D eigenvalue weighted by Crippen LogP contribution is 2.48. The predicted molar refractivity (Wildman–Crippen MR) is 164 cm³/mol. The number of fused-ring (bicyclic) bond motifs is 6. The molecule has 8 heteroatoms. The lowest BCUT2D eigenvalue weighted by Crippen LogP contribution is -3.00. The summed E-state index contributed by atoms with van der Waals surface area (Å²) in [5.74, 6) is 0. The summed E-state index contributed by atoms with van der Waals surface area (Å²) in [6, 6.07) is 25.8. The van der Waals surface area contributed by atoms with Gasteiger partial charge in [0.25, 0.3) is 10.6 Å². The molecule has 196 valence electrons. The molecule has 1 aliphatic rings. The van der Waals surface area contributed by atoms with Gasteiger partial charge in [-0.05, 0) is 36.8 Å². The van der Waals surface area contributed by atoms with Gasteiger partial charge in [0.2, 0.25) is 5.52 Å². The maximum absolute atomic E-state index is 13.7. The zero-order valence-electron chi connectivity index (χ0n) is 21.8. The minimum absolute atomic E-state index is 0. The summed E-state index contributed by atoms with van der Waals surface area (Å²) in [6.45, 7) is 5.75. The molecule has 3 heterocycles. The van der Waals surface area contributed by atoms with Crippen molar-refractivity contribution in [2.45, 2.75) is 31.8 Å². The third kappa shape index (κ3) is 4.02. The first-order chi connectivity index (χ1) is 18.6. The Morgan fingerprint density at radius 3 is 2.31 bits per heavy atom. The molecule has 0 spiro atoms. The van der Waals surface area contributed by atoms with E-state index in [1.165, 1.54) is 47.4 Å². The van der Waals surface area contributed by atoms with Crippen LogP contribution in [-0.2, 0) is 13.1 Å². The van der Waals surface area contributed by atoms with Gasteiger partial charge in [0, 0.05) is 35.3 Å². The van der Waals surface area contributed by atoms with Gasteiger partial charge in [-0.15, -0.1) is 11.3 Å². The summed E-state index contributed by atoms with van der Waals surface area (Å²) < 4.78 is 7.38. The van der Waals surface area contributed by atoms with Crippen LogP contribution in [0.4, 0.5) is 5.69 Å². The number of thiazole rings is 2. The number of aromatic nitrogens is 2. The fourth-order valence-electron chi connectivity index (χ4n) is 5.47. The van der Waals surface area contributed by atoms with Gasteiger partial charge < -0.3 is 17.3 Å². The maximum Gasteiger partial charge on any atom is 0.271 e. The average Bonchev–Trinajstić information content (AvgIpc) is 3.58. The van der Waals surface area contributed by atoms with Crippen molar-refractivity contribution >= 4 is 83.0 Å². The number of benzene rings is 4. The van der Waals surface area contributed by atoms with Crippen LogP contribution in [0.1, 0.15) is 18.9 Å². The average molecular weight is 588 g/mol. The van der Waals surface area contributed by atoms with Crippen LogP contribution >= 0.6 is 34.4 Å². The van der Waals surface area contributed by atoms with E-state index in [1.807, 2.05) is 15.9 Å². The molecular weight excluding hydrogens is 562 g/mol. The predicted octanol–water partition coefficient (Wildman–Crippen LogP) is 2.90. The quantitative estimate of drug-likeness (QED) is 0.298. The number of hydrogen-bond acceptors (Lipinski definition) is 5. The number of anilines is 1. The van der Waals surface area contributed by atoms with Crippen LogP contribution < -0.4 is 36.6 Å². The third-order valence-electron chi connectivity index (χ3n) is 7.32. The molecule has 0 atom stereocenters. The van der Waals surface area contributed by atoms with E-state index in [0.29, 0.717) is 6.54 Å². The molecule has 0 saturated carbocycles. The van der Waals surface area contributed by atoms with Crippen molar-refractivity contribution in [2.24, 2.45) is 0 Å². The van der Waals surface area contributed by atoms with Gasteiger partial charge in [-0.2, -0.15) is 4.57 Å². The Morgan fingerprint density at radius 2 is 1.56 bits per heavy atom. The lowest BCUT2D eigenvalue weighted by Gasteiger charge is -2.15. The van der Waals surface area contributed by atoms with Gasteiger partial charge in [-0.3, -0.25) is 9.36 Å². The van der Waals surface area contributed by atoms with E-state index in [0.717, 1.165) is 20.8 Å². The number of thioether (sulfide) groups is 1. The standard InChI is InChI=1S/C31H26N3OS3.ClH/c1-4-33-23-16-14-20-11-7-9-13-22(20)28(23)37-25(33)18-26-34(5-2)30(35)29(38-26)31-32(3)27-21-12-8-6-10-19(21)15-17-24(27)36-31;/h6-18H,4-5H2,1-3H3;1H/q+1;/p-1/b31-29+;. The van der Waals surface area contributed by atoms with Crippen molar-refractivity contribution in [1.29, 1.82) is 0 Å². The first kappa shape index (κ1) is 26.1. The van der Waals surface area contributed by atoms with Crippen molar-refractivity contribution < 1.29 is 17.0 Å². The molecular formula is C31H26ClN3OS3. The molecule has 6 aromatic rings. The van der Waals surface area contributed by atoms with Gasteiger partial charge in [-0.25, -0.2) is 0 Å². The van der Waals surface area contributed by atoms with Crippen LogP contribution in [-0.4, -0.2) is 11.6 Å². The molecule has 39 heavy (non-hydrogen) atoms. The Kier molecular flexibility index (Phi) is 6.79. The molecule has 4 nitrogen and oxygen atoms in total. The second-order valence-electron chi connectivity index (χ2n) is 9.38. The summed E-state index contributed by atoms with van der Waals surface area (Å²) >= 11 is 5.11. The van der Waals surface area contributed by atoms with Gasteiger partial charge in [0.15, 0.2) is 0 Å². The van der Waals surface area contributed by atoms with Crippen LogP contribution in [0.3, 0.4) is 0 Å². The molecule has 0 fully saturated rings. The number of nitrogens with zero attached hydrogens (tertiary/aromatic N) is 3. The summed E-state index contributed by atoms with van der Waals surface area (Å²) in [6.07, 6.45) is 2.21. The number of hydrogen-bond donors (Lipinski definition) is 0. The first-order valence-corrected chi connectivity index (χ1v) is 15.3. The fraction of sp³-hybridized carbons (Fsp3) is 0.161. The molecule has 0 unspecified atom stereocenters. The van der Waals surface area contributed by atoms with Gasteiger partial charge >= 0.3 is 0 Å². The second-order valence-corrected chi connectivity index (χ2v) is 12.5. The molecule has 7 rings (SSSR count). The molecule has 2 aromatic heterocycles. The SMILES string of the molecule is CCn1c(=O)/c(=C2\Sc3ccc4ccccc4c3N2C)s/c1=C\c1sc2c3ccccc3ccc2[n+]1CC.[Cl-]. The highest BCUT2D eigenvalue weighted by atomic mass is 35.5. The van der Waals surface area contributed by atoms with E-state index in [-0.39, 0.29) is 18.0 Å². The molecule has 0 radical (unpaired) electrons. The summed E-state index contributed by atoms with van der Waals surface area (Å²) in [5, 5.41) is 7.15. The Labute approximate surface area is 244 Å². The van der Waals surface area contributed by atoms with Crippen LogP contribution in [0.5, 0.6) is 0 Å². The van der Waals surface area contributed by atoms with E-state index in [9.17, 15) is 4.79 Å². The van der Waals surface area contributed by atoms with Gasteiger partial charge in [0.05, 0.1) is 11.8 Å². The zero-order valence-corrected chi connectivity index (χ0v) is 25.0. The highest BCUT2D eigenvalue weighted by Gasteiger charge is 2.27. The highest BCUT2D eigenvalue weighted by molar-refractivity contribution is 8.08. The largest absolute Gasteiger partial charge is 1.00 e. The van der Waals surface area contributed by atoms with Crippen LogP contribution in [0, 0.1) is 0 Å². The topological polar surface area (TPSA) is 29.1 Å². The number of aryl methyl sites for hydroxylation is 1. The number of rotatable bonds is 3. The Balaban J connectivity index is 0.00000277. The molecule has 0 bridgehead atoms. The lowest BCUT2D eigenvalue weighted by molar-refractivity contribution is -0.665. The van der Waals surface area contributed by atoms with Crippen LogP contribution in [0.25, 0.3) is 42.9 Å². The van der Waals surface area contributed by atoms with E-state index in [1.54, 1.807) is 23.1 Å². The summed E-state index contributed by atoms with van der Waals surface area (Å²) in [5.41, 5.74) is 2.52.